The van der Waals surface area contributed by atoms with Gasteiger partial charge in [0.25, 0.3) is 5.91 Å². The maximum absolute atomic E-state index is 13.0. The summed E-state index contributed by atoms with van der Waals surface area (Å²) in [6, 6.07) is 6.72. The number of hydrogen-bond donors (Lipinski definition) is 2. The van der Waals surface area contributed by atoms with Crippen LogP contribution >= 0.6 is 0 Å². The fraction of sp³-hybridized carbons (Fsp3) is 0.577. The van der Waals surface area contributed by atoms with Crippen LogP contribution < -0.4 is 15.4 Å². The highest BCUT2D eigenvalue weighted by molar-refractivity contribution is 7.91. The van der Waals surface area contributed by atoms with Gasteiger partial charge >= 0.3 is 6.36 Å². The molecular weight excluding hydrogens is 575 g/mol. The average molecular weight is 611 g/mol. The van der Waals surface area contributed by atoms with Gasteiger partial charge in [-0.1, -0.05) is 12.1 Å². The van der Waals surface area contributed by atoms with Crippen LogP contribution in [-0.2, 0) is 44.9 Å². The lowest BCUT2D eigenvalue weighted by molar-refractivity contribution is -0.325. The van der Waals surface area contributed by atoms with Crippen molar-refractivity contribution in [3.05, 3.63) is 41.1 Å². The second-order valence-corrected chi connectivity index (χ2v) is 11.0. The quantitative estimate of drug-likeness (QED) is 0.113. The fourth-order valence-electron chi connectivity index (χ4n) is 3.99. The Morgan fingerprint density at radius 2 is 1.98 bits per heavy atom. The summed E-state index contributed by atoms with van der Waals surface area (Å²) < 4.78 is 85.5. The third-order valence-electron chi connectivity index (χ3n) is 5.90. The molecule has 1 unspecified atom stereocenters. The van der Waals surface area contributed by atoms with Gasteiger partial charge in [0, 0.05) is 24.4 Å². The molecule has 0 aliphatic rings. The van der Waals surface area contributed by atoms with Crippen molar-refractivity contribution in [3.8, 4) is 5.75 Å². The summed E-state index contributed by atoms with van der Waals surface area (Å²) in [4.78, 5) is 23.6. The number of rotatable bonds is 18. The highest BCUT2D eigenvalue weighted by Gasteiger charge is 2.29. The Bertz CT molecular complexity index is 1120. The molecule has 0 bridgehead atoms. The zero-order valence-electron chi connectivity index (χ0n) is 23.1. The van der Waals surface area contributed by atoms with E-state index in [2.05, 4.69) is 20.5 Å². The second kappa shape index (κ2) is 15.9. The minimum Gasteiger partial charge on any atom is -0.616 e. The minimum absolute atomic E-state index is 0.144. The molecule has 15 heteroatoms. The van der Waals surface area contributed by atoms with E-state index in [9.17, 15) is 36.1 Å². The van der Waals surface area contributed by atoms with Crippen LogP contribution in [0.4, 0.5) is 27.8 Å². The van der Waals surface area contributed by atoms with Gasteiger partial charge in [-0.25, -0.2) is 13.5 Å². The molecule has 1 aromatic heterocycles. The molecule has 1 heterocycles. The molecule has 2 amide bonds. The van der Waals surface area contributed by atoms with Crippen molar-refractivity contribution in [1.82, 2.24) is 15.1 Å². The molecule has 41 heavy (non-hydrogen) atoms. The number of anilines is 1. The van der Waals surface area contributed by atoms with Gasteiger partial charge in [0.2, 0.25) is 12.3 Å². The molecule has 2 atom stereocenters. The third kappa shape index (κ3) is 13.5. The van der Waals surface area contributed by atoms with E-state index < -0.39 is 42.0 Å². The molecule has 2 rings (SSSR count). The first kappa shape index (κ1) is 34.3. The van der Waals surface area contributed by atoms with Crippen molar-refractivity contribution in [3.63, 3.8) is 0 Å². The first-order valence-electron chi connectivity index (χ1n) is 12.8. The van der Waals surface area contributed by atoms with E-state index in [1.165, 1.54) is 10.9 Å². The molecule has 0 saturated heterocycles. The number of carbonyl (C=O) groups excluding carboxylic acids is 2. The predicted octanol–water partition coefficient (Wildman–Crippen LogP) is 4.15. The largest absolute Gasteiger partial charge is 0.616 e. The fourth-order valence-corrected chi connectivity index (χ4v) is 4.44. The van der Waals surface area contributed by atoms with Gasteiger partial charge in [-0.05, 0) is 62.0 Å². The number of aromatic nitrogens is 2. The van der Waals surface area contributed by atoms with E-state index >= 15 is 0 Å². The summed E-state index contributed by atoms with van der Waals surface area (Å²) in [5.41, 5.74) is 1.81. The number of ether oxygens (including phenoxy) is 2. The van der Waals surface area contributed by atoms with E-state index in [4.69, 9.17) is 4.74 Å². The summed E-state index contributed by atoms with van der Waals surface area (Å²) in [6.45, 7) is 1.57. The summed E-state index contributed by atoms with van der Waals surface area (Å²) in [7, 11) is 0. The minimum atomic E-state index is -4.83. The standard InChI is InChI=1S/C26H35F5N4O5S/c1-18-22(34-35(11-13-40-26(29,30)31)24(18)33-23(37)16-41(3)38)15-20(32-17-36)9-8-19-6-4-7-21(14-19)39-12-5-10-25(2,27)28/h4,6-7,14,17,20H,5,8-13,15-16H2,1-3H3,(H,32,36)(H,33,37)/t20-,41?/m0/s1. The van der Waals surface area contributed by atoms with E-state index in [0.717, 1.165) is 12.5 Å². The Hall–Kier alpha value is -2.91. The van der Waals surface area contributed by atoms with Crippen LogP contribution in [0.25, 0.3) is 0 Å². The van der Waals surface area contributed by atoms with Crippen LogP contribution in [0.3, 0.4) is 0 Å². The molecule has 9 nitrogen and oxygen atoms in total. The van der Waals surface area contributed by atoms with E-state index in [1.807, 2.05) is 6.07 Å². The van der Waals surface area contributed by atoms with Crippen LogP contribution in [0.15, 0.2) is 24.3 Å². The number of benzene rings is 1. The molecule has 0 aliphatic carbocycles. The van der Waals surface area contributed by atoms with E-state index in [-0.39, 0.29) is 44.0 Å². The van der Waals surface area contributed by atoms with Crippen LogP contribution in [-0.4, -0.2) is 70.2 Å². The highest BCUT2D eigenvalue weighted by Crippen LogP contribution is 2.24. The van der Waals surface area contributed by atoms with Gasteiger partial charge in [0.15, 0.2) is 5.75 Å². The Morgan fingerprint density at radius 3 is 2.61 bits per heavy atom. The second-order valence-electron chi connectivity index (χ2n) is 9.60. The molecule has 230 valence electrons. The average Bonchev–Trinajstić information content (AvgIpc) is 3.12. The topological polar surface area (TPSA) is 118 Å². The number of alkyl halides is 5. The summed E-state index contributed by atoms with van der Waals surface area (Å²) in [5, 5.41) is 9.65. The predicted molar refractivity (Wildman–Crippen MR) is 143 cm³/mol. The van der Waals surface area contributed by atoms with Crippen LogP contribution in [0, 0.1) is 6.92 Å². The number of halogens is 5. The first-order valence-corrected chi connectivity index (χ1v) is 14.6. The molecule has 0 fully saturated rings. The number of amides is 2. The first-order chi connectivity index (χ1) is 19.2. The highest BCUT2D eigenvalue weighted by atomic mass is 32.2. The molecule has 1 aromatic carbocycles. The Kier molecular flexibility index (Phi) is 13.3. The van der Waals surface area contributed by atoms with Crippen LogP contribution in [0.5, 0.6) is 5.75 Å². The molecule has 2 N–H and O–H groups in total. The maximum Gasteiger partial charge on any atom is 0.522 e. The number of hydrogen-bond acceptors (Lipinski definition) is 6. The molecule has 2 aromatic rings. The van der Waals surface area contributed by atoms with Gasteiger partial charge in [-0.15, -0.1) is 13.2 Å². The molecule has 0 saturated carbocycles. The lowest BCUT2D eigenvalue weighted by atomic mass is 10.0. The van der Waals surface area contributed by atoms with E-state index in [1.54, 1.807) is 25.1 Å². The van der Waals surface area contributed by atoms with E-state index in [0.29, 0.717) is 36.3 Å². The smallest absolute Gasteiger partial charge is 0.522 e. The Labute approximate surface area is 238 Å². The van der Waals surface area contributed by atoms with Crippen molar-refractivity contribution >= 4 is 29.3 Å². The maximum atomic E-state index is 13.0. The molecule has 0 aliphatic heterocycles. The lowest BCUT2D eigenvalue weighted by Crippen LogP contribution is -2.31. The van der Waals surface area contributed by atoms with Gasteiger partial charge in [0.1, 0.15) is 11.6 Å². The van der Waals surface area contributed by atoms with Crippen molar-refractivity contribution in [2.75, 3.05) is 30.5 Å². The lowest BCUT2D eigenvalue weighted by Gasteiger charge is -2.16. The van der Waals surface area contributed by atoms with Crippen LogP contribution in [0.2, 0.25) is 0 Å². The molecule has 0 spiro atoms. The van der Waals surface area contributed by atoms with Crippen molar-refractivity contribution < 1.29 is 45.6 Å². The van der Waals surface area contributed by atoms with Gasteiger partial charge in [0.05, 0.1) is 31.7 Å². The number of nitrogens with one attached hydrogen (secondary N) is 2. The SMILES string of the molecule is Cc1c(C[C@H](CCc2cccc(OCCCC(C)(F)F)c2)NC=O)nn(CCOC(F)(F)F)c1NC(=O)C[S+](C)[O-]. The Balaban J connectivity index is 2.10. The van der Waals surface area contributed by atoms with Crippen LogP contribution in [0.1, 0.15) is 43.0 Å². The summed E-state index contributed by atoms with van der Waals surface area (Å²) >= 11 is -1.44. The van der Waals surface area contributed by atoms with Crippen molar-refractivity contribution in [2.24, 2.45) is 0 Å². The zero-order chi connectivity index (χ0) is 30.6. The third-order valence-corrected chi connectivity index (χ3v) is 6.57. The van der Waals surface area contributed by atoms with Crippen molar-refractivity contribution in [2.45, 2.75) is 70.8 Å². The summed E-state index contributed by atoms with van der Waals surface area (Å²) in [6.07, 6.45) is -1.84. The summed E-state index contributed by atoms with van der Waals surface area (Å²) in [5.74, 6) is -2.96. The number of aryl methyl sites for hydroxylation is 1. The zero-order valence-corrected chi connectivity index (χ0v) is 23.9. The van der Waals surface area contributed by atoms with Crippen molar-refractivity contribution in [1.29, 1.82) is 0 Å². The van der Waals surface area contributed by atoms with Gasteiger partial charge in [-0.2, -0.15) is 5.10 Å². The normalized spacial score (nSPS) is 13.5. The number of carbonyl (C=O) groups is 2. The van der Waals surface area contributed by atoms with Gasteiger partial charge in [-0.3, -0.25) is 14.3 Å². The monoisotopic (exact) mass is 610 g/mol. The Morgan fingerprint density at radius 1 is 1.24 bits per heavy atom. The molecular formula is C26H35F5N4O5S. The number of nitrogens with zero attached hydrogens (tertiary/aromatic N) is 2. The molecule has 0 radical (unpaired) electrons. The van der Waals surface area contributed by atoms with Gasteiger partial charge < -0.3 is 19.9 Å².